The number of aliphatic hydroxyl groups is 1. The predicted molar refractivity (Wildman–Crippen MR) is 77.4 cm³/mol. The highest BCUT2D eigenvalue weighted by atomic mass is 16.5. The molecule has 19 heavy (non-hydrogen) atoms. The number of benzene rings is 1. The van der Waals surface area contributed by atoms with Crippen molar-refractivity contribution in [2.24, 2.45) is 0 Å². The summed E-state index contributed by atoms with van der Waals surface area (Å²) >= 11 is 0. The first kappa shape index (κ1) is 14.5. The minimum Gasteiger partial charge on any atom is -0.388 e. The van der Waals surface area contributed by atoms with Crippen LogP contribution in [0.1, 0.15) is 30.9 Å². The molecule has 3 nitrogen and oxygen atoms in total. The Labute approximate surface area is 116 Å². The van der Waals surface area contributed by atoms with E-state index in [0.29, 0.717) is 25.8 Å². The van der Waals surface area contributed by atoms with Gasteiger partial charge >= 0.3 is 0 Å². The van der Waals surface area contributed by atoms with Crippen molar-refractivity contribution in [3.05, 3.63) is 35.4 Å². The van der Waals surface area contributed by atoms with Crippen LogP contribution in [0.2, 0.25) is 0 Å². The van der Waals surface area contributed by atoms with E-state index in [1.807, 2.05) is 0 Å². The summed E-state index contributed by atoms with van der Waals surface area (Å²) in [6.07, 6.45) is 2.47. The molecule has 3 heteroatoms. The zero-order valence-electron chi connectivity index (χ0n) is 12.0. The second-order valence-electron chi connectivity index (χ2n) is 5.75. The van der Waals surface area contributed by atoms with Crippen LogP contribution in [0.3, 0.4) is 0 Å². The second-order valence-corrected chi connectivity index (χ2v) is 5.75. The third-order valence-corrected chi connectivity index (χ3v) is 3.99. The van der Waals surface area contributed by atoms with Crippen LogP contribution in [0.4, 0.5) is 0 Å². The van der Waals surface area contributed by atoms with Crippen molar-refractivity contribution in [1.82, 2.24) is 5.32 Å². The van der Waals surface area contributed by atoms with E-state index in [4.69, 9.17) is 4.74 Å². The zero-order chi connectivity index (χ0) is 13.7. The number of hydrogen-bond donors (Lipinski definition) is 2. The minimum absolute atomic E-state index is 0.368. The lowest BCUT2D eigenvalue weighted by molar-refractivity contribution is -0.0625. The van der Waals surface area contributed by atoms with E-state index in [1.165, 1.54) is 11.1 Å². The molecule has 1 aliphatic rings. The summed E-state index contributed by atoms with van der Waals surface area (Å²) in [7, 11) is 0. The zero-order valence-corrected chi connectivity index (χ0v) is 12.0. The monoisotopic (exact) mass is 263 g/mol. The molecule has 0 amide bonds. The summed E-state index contributed by atoms with van der Waals surface area (Å²) in [5.41, 5.74) is 2.13. The lowest BCUT2D eigenvalue weighted by atomic mass is 9.93. The molecule has 0 aliphatic carbocycles. The summed E-state index contributed by atoms with van der Waals surface area (Å²) in [4.78, 5) is 0. The fourth-order valence-corrected chi connectivity index (χ4v) is 2.53. The van der Waals surface area contributed by atoms with Gasteiger partial charge in [-0.2, -0.15) is 0 Å². The largest absolute Gasteiger partial charge is 0.388 e. The molecular formula is C16H25NO2. The molecular weight excluding hydrogens is 238 g/mol. The van der Waals surface area contributed by atoms with Crippen molar-refractivity contribution in [2.45, 2.75) is 44.8 Å². The maximum Gasteiger partial charge on any atom is 0.0815 e. The van der Waals surface area contributed by atoms with Crippen LogP contribution in [0.5, 0.6) is 0 Å². The molecule has 1 atom stereocenters. The Hall–Kier alpha value is -0.900. The van der Waals surface area contributed by atoms with Gasteiger partial charge in [-0.05, 0) is 31.4 Å². The molecule has 1 unspecified atom stereocenters. The molecule has 1 fully saturated rings. The average molecular weight is 263 g/mol. The summed E-state index contributed by atoms with van der Waals surface area (Å²) in [5.74, 6) is 0. The fraction of sp³-hybridized carbons (Fsp3) is 0.625. The Morgan fingerprint density at radius 1 is 1.32 bits per heavy atom. The molecule has 1 aromatic rings. The summed E-state index contributed by atoms with van der Waals surface area (Å²) in [6, 6.07) is 8.85. The van der Waals surface area contributed by atoms with E-state index in [9.17, 15) is 5.11 Å². The van der Waals surface area contributed by atoms with E-state index >= 15 is 0 Å². The second kappa shape index (κ2) is 6.51. The highest BCUT2D eigenvalue weighted by molar-refractivity contribution is 5.26. The van der Waals surface area contributed by atoms with Gasteiger partial charge in [-0.15, -0.1) is 0 Å². The van der Waals surface area contributed by atoms with Crippen molar-refractivity contribution >= 4 is 0 Å². The molecule has 0 bridgehead atoms. The van der Waals surface area contributed by atoms with Gasteiger partial charge in [0.05, 0.1) is 5.60 Å². The number of hydrogen-bond acceptors (Lipinski definition) is 3. The molecule has 0 spiro atoms. The Morgan fingerprint density at radius 2 is 2.00 bits per heavy atom. The van der Waals surface area contributed by atoms with E-state index in [0.717, 1.165) is 19.3 Å². The molecule has 2 rings (SSSR count). The van der Waals surface area contributed by atoms with Gasteiger partial charge in [0.1, 0.15) is 0 Å². The van der Waals surface area contributed by atoms with Crippen LogP contribution >= 0.6 is 0 Å². The van der Waals surface area contributed by atoms with Crippen LogP contribution in [-0.4, -0.2) is 36.5 Å². The molecule has 1 heterocycles. The maximum absolute atomic E-state index is 10.4. The highest BCUT2D eigenvalue weighted by Crippen LogP contribution is 2.19. The molecule has 0 radical (unpaired) electrons. The number of aryl methyl sites for hydroxylation is 1. The summed E-state index contributed by atoms with van der Waals surface area (Å²) < 4.78 is 5.30. The van der Waals surface area contributed by atoms with Gasteiger partial charge in [0.2, 0.25) is 0 Å². The van der Waals surface area contributed by atoms with Crippen LogP contribution < -0.4 is 5.32 Å². The van der Waals surface area contributed by atoms with Gasteiger partial charge in [-0.3, -0.25) is 0 Å². The SMILES string of the molecule is Cc1ccccc1CC(C)NCC1(O)CCOCC1. The van der Waals surface area contributed by atoms with Crippen LogP contribution in [0.15, 0.2) is 24.3 Å². The standard InChI is InChI=1S/C16H25NO2/c1-13-5-3-4-6-15(13)11-14(2)17-12-16(18)7-9-19-10-8-16/h3-6,14,17-18H,7-12H2,1-2H3. The predicted octanol–water partition coefficient (Wildman–Crippen LogP) is 2.06. The maximum atomic E-state index is 10.4. The topological polar surface area (TPSA) is 41.5 Å². The van der Waals surface area contributed by atoms with Crippen LogP contribution in [-0.2, 0) is 11.2 Å². The molecule has 1 aromatic carbocycles. The number of ether oxygens (including phenoxy) is 1. The molecule has 0 aromatic heterocycles. The first-order valence-corrected chi connectivity index (χ1v) is 7.17. The van der Waals surface area contributed by atoms with Crippen molar-refractivity contribution in [2.75, 3.05) is 19.8 Å². The third-order valence-electron chi connectivity index (χ3n) is 3.99. The Balaban J connectivity index is 1.81. The minimum atomic E-state index is -0.585. The molecule has 1 saturated heterocycles. The van der Waals surface area contributed by atoms with Gasteiger partial charge in [0.25, 0.3) is 0 Å². The lowest BCUT2D eigenvalue weighted by Gasteiger charge is -2.33. The highest BCUT2D eigenvalue weighted by Gasteiger charge is 2.29. The Kier molecular flexibility index (Phi) is 4.97. The molecule has 0 saturated carbocycles. The molecule has 106 valence electrons. The first-order valence-electron chi connectivity index (χ1n) is 7.17. The normalized spacial score (nSPS) is 20.2. The van der Waals surface area contributed by atoms with E-state index in [1.54, 1.807) is 0 Å². The van der Waals surface area contributed by atoms with Gasteiger partial charge in [0, 0.05) is 38.6 Å². The first-order chi connectivity index (χ1) is 9.09. The quantitative estimate of drug-likeness (QED) is 0.854. The van der Waals surface area contributed by atoms with Crippen molar-refractivity contribution < 1.29 is 9.84 Å². The molecule has 2 N–H and O–H groups in total. The van der Waals surface area contributed by atoms with E-state index in [2.05, 4.69) is 43.4 Å². The third kappa shape index (κ3) is 4.30. The summed E-state index contributed by atoms with van der Waals surface area (Å²) in [5, 5.41) is 13.9. The Morgan fingerprint density at radius 3 is 2.68 bits per heavy atom. The van der Waals surface area contributed by atoms with Crippen molar-refractivity contribution in [1.29, 1.82) is 0 Å². The molecule has 1 aliphatic heterocycles. The fourth-order valence-electron chi connectivity index (χ4n) is 2.53. The summed E-state index contributed by atoms with van der Waals surface area (Å²) in [6.45, 7) is 6.32. The van der Waals surface area contributed by atoms with Crippen LogP contribution in [0.25, 0.3) is 0 Å². The number of rotatable bonds is 5. The van der Waals surface area contributed by atoms with Gasteiger partial charge < -0.3 is 15.2 Å². The smallest absolute Gasteiger partial charge is 0.0815 e. The average Bonchev–Trinajstić information content (AvgIpc) is 2.40. The van der Waals surface area contributed by atoms with Crippen molar-refractivity contribution in [3.63, 3.8) is 0 Å². The Bertz CT molecular complexity index is 399. The van der Waals surface area contributed by atoms with Crippen molar-refractivity contribution in [3.8, 4) is 0 Å². The van der Waals surface area contributed by atoms with Gasteiger partial charge in [0.15, 0.2) is 0 Å². The van der Waals surface area contributed by atoms with Gasteiger partial charge in [-0.1, -0.05) is 24.3 Å². The number of nitrogens with one attached hydrogen (secondary N) is 1. The lowest BCUT2D eigenvalue weighted by Crippen LogP contribution is -2.47. The van der Waals surface area contributed by atoms with E-state index < -0.39 is 5.60 Å². The van der Waals surface area contributed by atoms with Crippen LogP contribution in [0, 0.1) is 6.92 Å². The van der Waals surface area contributed by atoms with Gasteiger partial charge in [-0.25, -0.2) is 0 Å². The van der Waals surface area contributed by atoms with E-state index in [-0.39, 0.29) is 0 Å².